The van der Waals surface area contributed by atoms with Crippen LogP contribution in [0.2, 0.25) is 0 Å². The largest absolute Gasteiger partial charge is 0.344 e. The van der Waals surface area contributed by atoms with Crippen molar-refractivity contribution in [3.05, 3.63) is 83.2 Å². The fraction of sp³-hybridized carbons (Fsp3) is 0.100. The summed E-state index contributed by atoms with van der Waals surface area (Å²) in [6, 6.07) is 14.7. The van der Waals surface area contributed by atoms with Gasteiger partial charge in [0.15, 0.2) is 11.5 Å². The fourth-order valence-corrected chi connectivity index (χ4v) is 2.78. The first-order valence-electron chi connectivity index (χ1n) is 8.53. The molecule has 4 aromatic rings. The van der Waals surface area contributed by atoms with Gasteiger partial charge in [-0.05, 0) is 31.2 Å². The highest BCUT2D eigenvalue weighted by Crippen LogP contribution is 2.18. The molecule has 0 radical (unpaired) electrons. The van der Waals surface area contributed by atoms with Crippen LogP contribution in [0.25, 0.3) is 16.9 Å². The number of hydrogen-bond donors (Lipinski definition) is 1. The molecule has 140 valence electrons. The number of halogens is 2. The van der Waals surface area contributed by atoms with E-state index in [0.717, 1.165) is 23.3 Å². The Labute approximate surface area is 158 Å². The van der Waals surface area contributed by atoms with E-state index in [-0.39, 0.29) is 6.54 Å². The van der Waals surface area contributed by atoms with Gasteiger partial charge in [-0.1, -0.05) is 35.9 Å². The zero-order valence-corrected chi connectivity index (χ0v) is 14.9. The number of nitrogens with zero attached hydrogens (tertiary/aromatic N) is 4. The van der Waals surface area contributed by atoms with E-state index in [0.29, 0.717) is 17.2 Å². The Hall–Kier alpha value is -3.68. The van der Waals surface area contributed by atoms with E-state index in [9.17, 15) is 13.6 Å². The Kier molecular flexibility index (Phi) is 4.52. The van der Waals surface area contributed by atoms with Gasteiger partial charge in [-0.15, -0.1) is 10.2 Å². The van der Waals surface area contributed by atoms with E-state index < -0.39 is 23.1 Å². The molecule has 0 saturated carbocycles. The van der Waals surface area contributed by atoms with Gasteiger partial charge in [0, 0.05) is 5.56 Å². The molecule has 0 atom stereocenters. The highest BCUT2D eigenvalue weighted by atomic mass is 19.1. The van der Waals surface area contributed by atoms with Gasteiger partial charge in [-0.25, -0.2) is 8.78 Å². The molecule has 0 unspecified atom stereocenters. The minimum Gasteiger partial charge on any atom is -0.344 e. The van der Waals surface area contributed by atoms with E-state index in [2.05, 4.69) is 20.6 Å². The van der Waals surface area contributed by atoms with E-state index in [1.807, 2.05) is 37.3 Å². The topological polar surface area (TPSA) is 72.2 Å². The number of benzene rings is 2. The zero-order chi connectivity index (χ0) is 19.7. The molecular weight excluding hydrogens is 364 g/mol. The highest BCUT2D eigenvalue weighted by molar-refractivity contribution is 5.94. The van der Waals surface area contributed by atoms with Crippen molar-refractivity contribution < 1.29 is 13.6 Å². The van der Waals surface area contributed by atoms with Crippen LogP contribution in [0.15, 0.2) is 54.6 Å². The van der Waals surface area contributed by atoms with Crippen molar-refractivity contribution in [1.82, 2.24) is 25.1 Å². The summed E-state index contributed by atoms with van der Waals surface area (Å²) >= 11 is 0. The lowest BCUT2D eigenvalue weighted by Crippen LogP contribution is -2.26. The maximum absolute atomic E-state index is 13.7. The molecule has 4 rings (SSSR count). The van der Waals surface area contributed by atoms with Gasteiger partial charge in [0.2, 0.25) is 0 Å². The first-order valence-corrected chi connectivity index (χ1v) is 8.53. The van der Waals surface area contributed by atoms with Gasteiger partial charge in [-0.2, -0.15) is 9.61 Å². The number of fused-ring (bicyclic) bond motifs is 1. The summed E-state index contributed by atoms with van der Waals surface area (Å²) in [5.74, 6) is -2.39. The Bertz CT molecular complexity index is 1150. The van der Waals surface area contributed by atoms with E-state index >= 15 is 0 Å². The highest BCUT2D eigenvalue weighted by Gasteiger charge is 2.18. The van der Waals surface area contributed by atoms with Gasteiger partial charge in [0.05, 0.1) is 12.2 Å². The van der Waals surface area contributed by atoms with Crippen LogP contribution >= 0.6 is 0 Å². The van der Waals surface area contributed by atoms with Crippen molar-refractivity contribution >= 4 is 11.6 Å². The monoisotopic (exact) mass is 379 g/mol. The van der Waals surface area contributed by atoms with Crippen LogP contribution in [0.4, 0.5) is 8.78 Å². The van der Waals surface area contributed by atoms with Gasteiger partial charge in [-0.3, -0.25) is 4.79 Å². The quantitative estimate of drug-likeness (QED) is 0.591. The van der Waals surface area contributed by atoms with Crippen LogP contribution < -0.4 is 5.32 Å². The Morgan fingerprint density at radius 3 is 2.43 bits per heavy atom. The second-order valence-electron chi connectivity index (χ2n) is 6.25. The van der Waals surface area contributed by atoms with Crippen LogP contribution in [0.3, 0.4) is 0 Å². The smallest absolute Gasteiger partial charge is 0.257 e. The molecule has 1 N–H and O–H groups in total. The summed E-state index contributed by atoms with van der Waals surface area (Å²) in [5, 5.41) is 15.0. The average Bonchev–Trinajstić information content (AvgIpc) is 3.09. The first kappa shape index (κ1) is 17.7. The molecule has 2 heterocycles. The Balaban J connectivity index is 1.60. The second-order valence-corrected chi connectivity index (χ2v) is 6.25. The van der Waals surface area contributed by atoms with Crippen LogP contribution in [-0.2, 0) is 6.54 Å². The number of hydrogen-bond acceptors (Lipinski definition) is 4. The van der Waals surface area contributed by atoms with E-state index in [4.69, 9.17) is 0 Å². The third kappa shape index (κ3) is 3.32. The number of rotatable bonds is 4. The molecule has 0 aliphatic carbocycles. The van der Waals surface area contributed by atoms with Crippen molar-refractivity contribution in [1.29, 1.82) is 0 Å². The molecule has 2 aromatic heterocycles. The van der Waals surface area contributed by atoms with Crippen LogP contribution in [-0.4, -0.2) is 25.7 Å². The van der Waals surface area contributed by atoms with Crippen LogP contribution in [0.5, 0.6) is 0 Å². The van der Waals surface area contributed by atoms with Crippen molar-refractivity contribution in [3.63, 3.8) is 0 Å². The molecule has 8 heteroatoms. The molecule has 1 amide bonds. The van der Waals surface area contributed by atoms with Crippen molar-refractivity contribution in [3.8, 4) is 11.3 Å². The molecule has 6 nitrogen and oxygen atoms in total. The van der Waals surface area contributed by atoms with E-state index in [1.165, 1.54) is 10.6 Å². The molecule has 0 saturated heterocycles. The SMILES string of the molecule is Cc1ccc(-c2ccc3nnc(CNC(=O)c4c(F)cccc4F)n3n2)cc1. The summed E-state index contributed by atoms with van der Waals surface area (Å²) < 4.78 is 29.0. The normalized spacial score (nSPS) is 11.0. The summed E-state index contributed by atoms with van der Waals surface area (Å²) in [4.78, 5) is 12.2. The molecule has 28 heavy (non-hydrogen) atoms. The zero-order valence-electron chi connectivity index (χ0n) is 14.9. The number of amides is 1. The maximum Gasteiger partial charge on any atom is 0.257 e. The first-order chi connectivity index (χ1) is 13.5. The predicted molar refractivity (Wildman–Crippen MR) is 98.5 cm³/mol. The lowest BCUT2D eigenvalue weighted by atomic mass is 10.1. The summed E-state index contributed by atoms with van der Waals surface area (Å²) in [6.45, 7) is 1.91. The summed E-state index contributed by atoms with van der Waals surface area (Å²) in [5.41, 5.74) is 2.63. The molecular formula is C20H15F2N5O. The minimum absolute atomic E-state index is 0.0852. The molecule has 0 aliphatic heterocycles. The number of carbonyl (C=O) groups excluding carboxylic acids is 1. The van der Waals surface area contributed by atoms with Gasteiger partial charge in [0.1, 0.15) is 17.2 Å². The van der Waals surface area contributed by atoms with Crippen molar-refractivity contribution in [2.24, 2.45) is 0 Å². The molecule has 2 aromatic carbocycles. The van der Waals surface area contributed by atoms with E-state index in [1.54, 1.807) is 6.07 Å². The third-order valence-electron chi connectivity index (χ3n) is 4.27. The fourth-order valence-electron chi connectivity index (χ4n) is 2.78. The Morgan fingerprint density at radius 1 is 1.00 bits per heavy atom. The lowest BCUT2D eigenvalue weighted by molar-refractivity contribution is 0.0941. The maximum atomic E-state index is 13.7. The van der Waals surface area contributed by atoms with Crippen LogP contribution in [0, 0.1) is 18.6 Å². The van der Waals surface area contributed by atoms with Gasteiger partial charge >= 0.3 is 0 Å². The Morgan fingerprint density at radius 2 is 1.71 bits per heavy atom. The lowest BCUT2D eigenvalue weighted by Gasteiger charge is -2.07. The average molecular weight is 379 g/mol. The van der Waals surface area contributed by atoms with Gasteiger partial charge < -0.3 is 5.32 Å². The second kappa shape index (κ2) is 7.15. The number of aromatic nitrogens is 4. The summed E-state index contributed by atoms with van der Waals surface area (Å²) in [6.07, 6.45) is 0. The standard InChI is InChI=1S/C20H15F2N5O/c1-12-5-7-13(8-6-12)16-9-10-17-24-25-18(27(17)26-16)11-23-20(28)19-14(21)3-2-4-15(19)22/h2-10H,11H2,1H3,(H,23,28). The number of nitrogens with one attached hydrogen (secondary N) is 1. The summed E-state index contributed by atoms with van der Waals surface area (Å²) in [7, 11) is 0. The predicted octanol–water partition coefficient (Wildman–Crippen LogP) is 3.31. The van der Waals surface area contributed by atoms with Crippen molar-refractivity contribution in [2.45, 2.75) is 13.5 Å². The number of carbonyl (C=O) groups is 1. The minimum atomic E-state index is -0.927. The van der Waals surface area contributed by atoms with Gasteiger partial charge in [0.25, 0.3) is 5.91 Å². The molecule has 0 bridgehead atoms. The third-order valence-corrected chi connectivity index (χ3v) is 4.27. The molecule has 0 aliphatic rings. The van der Waals surface area contributed by atoms with Crippen molar-refractivity contribution in [2.75, 3.05) is 0 Å². The number of aryl methyl sites for hydroxylation is 1. The van der Waals surface area contributed by atoms with Crippen LogP contribution in [0.1, 0.15) is 21.7 Å². The molecule has 0 fully saturated rings. The molecule has 0 spiro atoms.